The topological polar surface area (TPSA) is 54.4 Å². The lowest BCUT2D eigenvalue weighted by Crippen LogP contribution is -2.00. The number of hydrogen-bond acceptors (Lipinski definition) is 2. The highest BCUT2D eigenvalue weighted by molar-refractivity contribution is 6.32. The molecule has 1 aromatic rings. The first-order chi connectivity index (χ1) is 6.66. The Morgan fingerprint density at radius 1 is 1.50 bits per heavy atom. The van der Waals surface area contributed by atoms with Gasteiger partial charge in [0.1, 0.15) is 0 Å². The summed E-state index contributed by atoms with van der Waals surface area (Å²) in [6, 6.07) is 4.41. The van der Waals surface area contributed by atoms with E-state index in [0.29, 0.717) is 6.29 Å². The lowest BCUT2D eigenvalue weighted by molar-refractivity contribution is -0.103. The highest BCUT2D eigenvalue weighted by atomic mass is 35.5. The number of aromatic carboxylic acids is 1. The smallest absolute Gasteiger partial charge is 0.337 e. The van der Waals surface area contributed by atoms with Crippen LogP contribution in [0.2, 0.25) is 5.02 Å². The first kappa shape index (κ1) is 10.3. The van der Waals surface area contributed by atoms with Crippen LogP contribution in [0, 0.1) is 11.8 Å². The van der Waals surface area contributed by atoms with E-state index in [1.165, 1.54) is 18.2 Å². The van der Waals surface area contributed by atoms with Gasteiger partial charge < -0.3 is 5.11 Å². The van der Waals surface area contributed by atoms with Gasteiger partial charge in [-0.25, -0.2) is 4.79 Å². The second-order valence-electron chi connectivity index (χ2n) is 2.35. The van der Waals surface area contributed by atoms with E-state index in [4.69, 9.17) is 16.7 Å². The Balaban J connectivity index is 3.36. The van der Waals surface area contributed by atoms with Crippen LogP contribution < -0.4 is 0 Å². The van der Waals surface area contributed by atoms with Crippen LogP contribution in [0.3, 0.4) is 0 Å². The van der Waals surface area contributed by atoms with E-state index in [-0.39, 0.29) is 16.1 Å². The molecule has 70 valence electrons. The van der Waals surface area contributed by atoms with Gasteiger partial charge in [-0.15, -0.1) is 0 Å². The van der Waals surface area contributed by atoms with Gasteiger partial charge in [0.25, 0.3) is 0 Å². The molecule has 4 heteroatoms. The molecule has 0 spiro atoms. The molecular weight excluding hydrogens is 204 g/mol. The molecular formula is C10H5ClO3. The second-order valence-corrected chi connectivity index (χ2v) is 2.76. The van der Waals surface area contributed by atoms with Crippen LogP contribution in [0.15, 0.2) is 18.2 Å². The molecule has 0 fully saturated rings. The zero-order chi connectivity index (χ0) is 10.6. The number of hydrogen-bond donors (Lipinski definition) is 1. The van der Waals surface area contributed by atoms with Crippen molar-refractivity contribution in [3.8, 4) is 11.8 Å². The minimum atomic E-state index is -1.12. The average Bonchev–Trinajstić information content (AvgIpc) is 2.15. The van der Waals surface area contributed by atoms with Crippen LogP contribution in [0.1, 0.15) is 15.9 Å². The third-order valence-electron chi connectivity index (χ3n) is 1.50. The van der Waals surface area contributed by atoms with Crippen LogP contribution in [-0.4, -0.2) is 17.4 Å². The van der Waals surface area contributed by atoms with Crippen LogP contribution >= 0.6 is 11.6 Å². The highest BCUT2D eigenvalue weighted by Crippen LogP contribution is 2.18. The van der Waals surface area contributed by atoms with Crippen molar-refractivity contribution in [3.63, 3.8) is 0 Å². The molecule has 0 heterocycles. The third-order valence-corrected chi connectivity index (χ3v) is 1.82. The van der Waals surface area contributed by atoms with Crippen molar-refractivity contribution in [2.75, 3.05) is 0 Å². The average molecular weight is 209 g/mol. The number of carbonyl (C=O) groups excluding carboxylic acids is 1. The standard InChI is InChI=1S/C10H5ClO3/c11-9-5-1-3-8(10(13)14)7(9)4-2-6-12/h1,3,5-6H,(H,13,14). The summed E-state index contributed by atoms with van der Waals surface area (Å²) in [4.78, 5) is 20.7. The lowest BCUT2D eigenvalue weighted by Gasteiger charge is -2.00. The fraction of sp³-hybridized carbons (Fsp3) is 0. The normalized spacial score (nSPS) is 8.64. The van der Waals surface area contributed by atoms with Gasteiger partial charge in [0, 0.05) is 0 Å². The molecule has 0 aliphatic heterocycles. The number of aldehydes is 1. The van der Waals surface area contributed by atoms with Gasteiger partial charge in [-0.3, -0.25) is 4.79 Å². The van der Waals surface area contributed by atoms with Crippen molar-refractivity contribution in [1.29, 1.82) is 0 Å². The molecule has 0 aliphatic rings. The molecule has 0 unspecified atom stereocenters. The quantitative estimate of drug-likeness (QED) is 0.563. The summed E-state index contributed by atoms with van der Waals surface area (Å²) in [6.45, 7) is 0. The Kier molecular flexibility index (Phi) is 3.27. The van der Waals surface area contributed by atoms with Gasteiger partial charge in [-0.2, -0.15) is 0 Å². The Morgan fingerprint density at radius 2 is 2.21 bits per heavy atom. The van der Waals surface area contributed by atoms with Crippen molar-refractivity contribution in [3.05, 3.63) is 34.3 Å². The molecule has 0 aliphatic carbocycles. The fourth-order valence-electron chi connectivity index (χ4n) is 0.931. The molecule has 1 aromatic carbocycles. The summed E-state index contributed by atoms with van der Waals surface area (Å²) in [5, 5.41) is 9.00. The van der Waals surface area contributed by atoms with E-state index in [1.807, 2.05) is 0 Å². The van der Waals surface area contributed by atoms with E-state index < -0.39 is 5.97 Å². The van der Waals surface area contributed by atoms with Gasteiger partial charge in [-0.1, -0.05) is 23.6 Å². The molecule has 3 nitrogen and oxygen atoms in total. The Labute approximate surface area is 85.3 Å². The summed E-state index contributed by atoms with van der Waals surface area (Å²) >= 11 is 5.73. The summed E-state index contributed by atoms with van der Waals surface area (Å²) in [5.41, 5.74) is 0.153. The SMILES string of the molecule is O=CC#Cc1c(Cl)cccc1C(=O)O. The summed E-state index contributed by atoms with van der Waals surface area (Å²) in [5.74, 6) is 3.38. The molecule has 0 saturated carbocycles. The monoisotopic (exact) mass is 208 g/mol. The minimum absolute atomic E-state index is 0.00755. The maximum Gasteiger partial charge on any atom is 0.337 e. The van der Waals surface area contributed by atoms with Crippen LogP contribution in [0.4, 0.5) is 0 Å². The second kappa shape index (κ2) is 4.45. The predicted molar refractivity (Wildman–Crippen MR) is 51.4 cm³/mol. The fourth-order valence-corrected chi connectivity index (χ4v) is 1.15. The molecule has 14 heavy (non-hydrogen) atoms. The van der Waals surface area contributed by atoms with Gasteiger partial charge >= 0.3 is 5.97 Å². The van der Waals surface area contributed by atoms with Crippen molar-refractivity contribution in [2.45, 2.75) is 0 Å². The van der Waals surface area contributed by atoms with Gasteiger partial charge in [0.05, 0.1) is 16.1 Å². The number of carboxylic acid groups (broad SMARTS) is 1. The first-order valence-corrected chi connectivity index (χ1v) is 4.01. The van der Waals surface area contributed by atoms with Crippen molar-refractivity contribution in [1.82, 2.24) is 0 Å². The zero-order valence-corrected chi connectivity index (χ0v) is 7.71. The number of benzene rings is 1. The highest BCUT2D eigenvalue weighted by Gasteiger charge is 2.10. The van der Waals surface area contributed by atoms with Crippen LogP contribution in [0.25, 0.3) is 0 Å². The lowest BCUT2D eigenvalue weighted by atomic mass is 10.1. The van der Waals surface area contributed by atoms with Crippen molar-refractivity contribution >= 4 is 23.9 Å². The van der Waals surface area contributed by atoms with E-state index in [9.17, 15) is 9.59 Å². The summed E-state index contributed by atoms with van der Waals surface area (Å²) < 4.78 is 0. The van der Waals surface area contributed by atoms with Crippen LogP contribution in [0.5, 0.6) is 0 Å². The van der Waals surface area contributed by atoms with Gasteiger partial charge in [0.15, 0.2) is 6.29 Å². The van der Waals surface area contributed by atoms with Gasteiger partial charge in [-0.05, 0) is 18.1 Å². The maximum absolute atomic E-state index is 10.7. The Bertz CT molecular complexity index is 440. The van der Waals surface area contributed by atoms with E-state index in [1.54, 1.807) is 0 Å². The van der Waals surface area contributed by atoms with Crippen molar-refractivity contribution in [2.24, 2.45) is 0 Å². The molecule has 0 saturated heterocycles. The number of halogens is 1. The number of carboxylic acids is 1. The molecule has 1 rings (SSSR count). The largest absolute Gasteiger partial charge is 0.478 e. The Morgan fingerprint density at radius 3 is 2.79 bits per heavy atom. The molecule has 1 N–H and O–H groups in total. The molecule has 0 amide bonds. The minimum Gasteiger partial charge on any atom is -0.478 e. The maximum atomic E-state index is 10.7. The van der Waals surface area contributed by atoms with E-state index in [0.717, 1.165) is 0 Å². The summed E-state index contributed by atoms with van der Waals surface area (Å²) in [6.07, 6.45) is 0.384. The first-order valence-electron chi connectivity index (χ1n) is 3.64. The number of carbonyl (C=O) groups is 2. The zero-order valence-electron chi connectivity index (χ0n) is 6.95. The Hall–Kier alpha value is -1.79. The molecule has 0 atom stereocenters. The van der Waals surface area contributed by atoms with E-state index in [2.05, 4.69) is 11.8 Å². The van der Waals surface area contributed by atoms with E-state index >= 15 is 0 Å². The predicted octanol–water partition coefficient (Wildman–Crippen LogP) is 1.59. The van der Waals surface area contributed by atoms with Crippen LogP contribution in [-0.2, 0) is 4.79 Å². The van der Waals surface area contributed by atoms with Gasteiger partial charge in [0.2, 0.25) is 0 Å². The third kappa shape index (κ3) is 2.12. The summed E-state index contributed by atoms with van der Waals surface area (Å²) in [7, 11) is 0. The molecule has 0 bridgehead atoms. The van der Waals surface area contributed by atoms with Crippen molar-refractivity contribution < 1.29 is 14.7 Å². The number of rotatable bonds is 1. The molecule has 0 aromatic heterocycles. The molecule has 0 radical (unpaired) electrons.